The Balaban J connectivity index is 1.54. The molecule has 144 valence electrons. The maximum atomic E-state index is 12.2. The van der Waals surface area contributed by atoms with Crippen molar-refractivity contribution in [2.24, 2.45) is 0 Å². The number of aromatic nitrogens is 2. The van der Waals surface area contributed by atoms with Gasteiger partial charge < -0.3 is 14.8 Å². The minimum atomic E-state index is -0.582. The van der Waals surface area contributed by atoms with Crippen molar-refractivity contribution in [2.45, 2.75) is 20.4 Å². The summed E-state index contributed by atoms with van der Waals surface area (Å²) >= 11 is 0. The van der Waals surface area contributed by atoms with E-state index in [1.165, 1.54) is 0 Å². The Morgan fingerprint density at radius 3 is 2.32 bits per heavy atom. The van der Waals surface area contributed by atoms with Crippen LogP contribution in [0.3, 0.4) is 0 Å². The molecule has 3 rings (SSSR count). The topological polar surface area (TPSA) is 90.4 Å². The number of benzene rings is 2. The number of esters is 1. The van der Waals surface area contributed by atoms with Crippen LogP contribution in [-0.4, -0.2) is 35.6 Å². The number of rotatable bonds is 6. The Kier molecular flexibility index (Phi) is 5.84. The van der Waals surface area contributed by atoms with Crippen molar-refractivity contribution < 1.29 is 19.1 Å². The predicted octanol–water partition coefficient (Wildman–Crippen LogP) is 2.73. The molecule has 28 heavy (non-hydrogen) atoms. The Morgan fingerprint density at radius 1 is 0.964 bits per heavy atom. The van der Waals surface area contributed by atoms with Gasteiger partial charge in [0, 0.05) is 6.54 Å². The zero-order valence-corrected chi connectivity index (χ0v) is 16.0. The van der Waals surface area contributed by atoms with Gasteiger partial charge in [0.2, 0.25) is 0 Å². The quantitative estimate of drug-likeness (QED) is 0.662. The van der Waals surface area contributed by atoms with E-state index in [1.54, 1.807) is 25.3 Å². The van der Waals surface area contributed by atoms with E-state index in [-0.39, 0.29) is 12.5 Å². The van der Waals surface area contributed by atoms with Crippen LogP contribution in [0, 0.1) is 13.8 Å². The monoisotopic (exact) mass is 379 g/mol. The normalized spacial score (nSPS) is 10.5. The molecule has 0 radical (unpaired) electrons. The van der Waals surface area contributed by atoms with Crippen molar-refractivity contribution in [3.63, 3.8) is 0 Å². The summed E-state index contributed by atoms with van der Waals surface area (Å²) in [5.74, 6) is -0.216. The summed E-state index contributed by atoms with van der Waals surface area (Å²) in [7, 11) is 1.59. The lowest BCUT2D eigenvalue weighted by Gasteiger charge is -2.08. The second kappa shape index (κ2) is 8.47. The lowest BCUT2D eigenvalue weighted by Crippen LogP contribution is -2.28. The molecule has 7 nitrogen and oxygen atoms in total. The van der Waals surface area contributed by atoms with Gasteiger partial charge in [-0.25, -0.2) is 14.8 Å². The van der Waals surface area contributed by atoms with Crippen LogP contribution >= 0.6 is 0 Å². The lowest BCUT2D eigenvalue weighted by atomic mass is 10.2. The van der Waals surface area contributed by atoms with Crippen molar-refractivity contribution in [3.8, 4) is 5.75 Å². The summed E-state index contributed by atoms with van der Waals surface area (Å²) in [6, 6.07) is 12.3. The molecule has 0 spiro atoms. The van der Waals surface area contributed by atoms with Gasteiger partial charge in [-0.3, -0.25) is 4.79 Å². The van der Waals surface area contributed by atoms with Gasteiger partial charge in [0.25, 0.3) is 5.91 Å². The Hall–Kier alpha value is -3.48. The third-order valence-electron chi connectivity index (χ3n) is 4.29. The number of nitrogens with one attached hydrogen (secondary N) is 1. The molecule has 1 amide bonds. The third kappa shape index (κ3) is 4.62. The predicted molar refractivity (Wildman–Crippen MR) is 104 cm³/mol. The van der Waals surface area contributed by atoms with Crippen LogP contribution < -0.4 is 10.1 Å². The molecule has 0 fully saturated rings. The zero-order valence-electron chi connectivity index (χ0n) is 16.0. The summed E-state index contributed by atoms with van der Waals surface area (Å²) in [6.45, 7) is 3.73. The number of ether oxygens (including phenoxy) is 2. The first-order chi connectivity index (χ1) is 13.5. The summed E-state index contributed by atoms with van der Waals surface area (Å²) < 4.78 is 10.2. The van der Waals surface area contributed by atoms with Gasteiger partial charge in [-0.05, 0) is 49.7 Å². The molecule has 2 aromatic carbocycles. The molecule has 0 bridgehead atoms. The average Bonchev–Trinajstić information content (AvgIpc) is 2.71. The van der Waals surface area contributed by atoms with Crippen molar-refractivity contribution in [1.82, 2.24) is 15.3 Å². The van der Waals surface area contributed by atoms with Crippen molar-refractivity contribution in [3.05, 3.63) is 65.0 Å². The molecule has 0 aliphatic heterocycles. The maximum absolute atomic E-state index is 12.2. The number of carbonyl (C=O) groups is 2. The van der Waals surface area contributed by atoms with Gasteiger partial charge in [0.1, 0.15) is 5.75 Å². The number of nitrogens with zero attached hydrogens (tertiary/aromatic N) is 2. The van der Waals surface area contributed by atoms with Crippen molar-refractivity contribution in [2.75, 3.05) is 13.7 Å². The van der Waals surface area contributed by atoms with E-state index in [0.29, 0.717) is 23.1 Å². The van der Waals surface area contributed by atoms with E-state index in [0.717, 1.165) is 22.7 Å². The van der Waals surface area contributed by atoms with Gasteiger partial charge in [0.05, 0.1) is 35.1 Å². The summed E-state index contributed by atoms with van der Waals surface area (Å²) in [6.07, 6.45) is 0. The fourth-order valence-corrected chi connectivity index (χ4v) is 2.57. The number of fused-ring (bicyclic) bond motifs is 1. The second-order valence-corrected chi connectivity index (χ2v) is 6.30. The number of carbonyl (C=O) groups excluding carboxylic acids is 2. The largest absolute Gasteiger partial charge is 0.497 e. The van der Waals surface area contributed by atoms with Gasteiger partial charge in [0.15, 0.2) is 6.61 Å². The second-order valence-electron chi connectivity index (χ2n) is 6.30. The highest BCUT2D eigenvalue weighted by Gasteiger charge is 2.12. The van der Waals surface area contributed by atoms with Crippen LogP contribution in [0.4, 0.5) is 0 Å². The van der Waals surface area contributed by atoms with Gasteiger partial charge in [-0.15, -0.1) is 0 Å². The molecule has 0 atom stereocenters. The molecule has 0 unspecified atom stereocenters. The number of hydrogen-bond acceptors (Lipinski definition) is 6. The van der Waals surface area contributed by atoms with E-state index in [9.17, 15) is 9.59 Å². The molecular formula is C21H21N3O4. The van der Waals surface area contributed by atoms with Crippen molar-refractivity contribution in [1.29, 1.82) is 0 Å². The van der Waals surface area contributed by atoms with Gasteiger partial charge >= 0.3 is 5.97 Å². The average molecular weight is 379 g/mol. The lowest BCUT2D eigenvalue weighted by molar-refractivity contribution is -0.124. The number of methoxy groups -OCH3 is 1. The Labute approximate surface area is 162 Å². The number of hydrogen-bond donors (Lipinski definition) is 1. The SMILES string of the molecule is COc1ccc(CNC(=O)COC(=O)c2ccc3nc(C)c(C)nc3c2)cc1. The highest BCUT2D eigenvalue weighted by molar-refractivity contribution is 5.94. The minimum Gasteiger partial charge on any atom is -0.497 e. The first kappa shape index (κ1) is 19.3. The Bertz CT molecular complexity index is 1020. The smallest absolute Gasteiger partial charge is 0.338 e. The van der Waals surface area contributed by atoms with Crippen LogP contribution in [0.25, 0.3) is 11.0 Å². The van der Waals surface area contributed by atoms with Crippen LogP contribution in [0.15, 0.2) is 42.5 Å². The molecule has 7 heteroatoms. The molecule has 0 saturated heterocycles. The molecular weight excluding hydrogens is 358 g/mol. The van der Waals surface area contributed by atoms with Crippen LogP contribution in [0.1, 0.15) is 27.3 Å². The van der Waals surface area contributed by atoms with Crippen LogP contribution in [0.2, 0.25) is 0 Å². The highest BCUT2D eigenvalue weighted by Crippen LogP contribution is 2.15. The zero-order chi connectivity index (χ0) is 20.1. The van der Waals surface area contributed by atoms with Crippen LogP contribution in [-0.2, 0) is 16.1 Å². The van der Waals surface area contributed by atoms with E-state index >= 15 is 0 Å². The third-order valence-corrected chi connectivity index (χ3v) is 4.29. The fraction of sp³-hybridized carbons (Fsp3) is 0.238. The highest BCUT2D eigenvalue weighted by atomic mass is 16.5. The number of amides is 1. The van der Waals surface area contributed by atoms with Gasteiger partial charge in [-0.2, -0.15) is 0 Å². The molecule has 0 aliphatic rings. The molecule has 0 aliphatic carbocycles. The molecule has 0 saturated carbocycles. The van der Waals surface area contributed by atoms with Crippen molar-refractivity contribution >= 4 is 22.9 Å². The van der Waals surface area contributed by atoms with E-state index in [1.807, 2.05) is 38.1 Å². The summed E-state index contributed by atoms with van der Waals surface area (Å²) in [5, 5.41) is 2.71. The molecule has 1 aromatic heterocycles. The Morgan fingerprint density at radius 2 is 1.64 bits per heavy atom. The first-order valence-electron chi connectivity index (χ1n) is 8.78. The van der Waals surface area contributed by atoms with E-state index in [2.05, 4.69) is 15.3 Å². The van der Waals surface area contributed by atoms with E-state index in [4.69, 9.17) is 9.47 Å². The standard InChI is InChI=1S/C21H21N3O4/c1-13-14(2)24-19-10-16(6-9-18(19)23-13)21(26)28-12-20(25)22-11-15-4-7-17(27-3)8-5-15/h4-10H,11-12H2,1-3H3,(H,22,25). The first-order valence-corrected chi connectivity index (χ1v) is 8.78. The van der Waals surface area contributed by atoms with Crippen LogP contribution in [0.5, 0.6) is 5.75 Å². The molecule has 1 N–H and O–H groups in total. The minimum absolute atomic E-state index is 0.327. The molecule has 1 heterocycles. The molecule has 3 aromatic rings. The number of aryl methyl sites for hydroxylation is 2. The van der Waals surface area contributed by atoms with Gasteiger partial charge in [-0.1, -0.05) is 12.1 Å². The summed E-state index contributed by atoms with van der Waals surface area (Å²) in [4.78, 5) is 33.0. The fourth-order valence-electron chi connectivity index (χ4n) is 2.57. The van der Waals surface area contributed by atoms with E-state index < -0.39 is 5.97 Å². The summed E-state index contributed by atoms with van der Waals surface area (Å²) in [5.41, 5.74) is 4.21. The maximum Gasteiger partial charge on any atom is 0.338 e.